The molecule has 2 aromatic rings. The van der Waals surface area contributed by atoms with Gasteiger partial charge in [0.25, 0.3) is 0 Å². The lowest BCUT2D eigenvalue weighted by molar-refractivity contribution is 0.243. The van der Waals surface area contributed by atoms with Crippen LogP contribution in [0.15, 0.2) is 47.7 Å². The summed E-state index contributed by atoms with van der Waals surface area (Å²) >= 11 is 0. The standard InChI is InChI=1S/C21H33N5O.HI/c1-4-22-21(24-16-19(10-13-27)14-17(2)3)23-15-18-6-8-20(9-7-18)26-12-5-11-25-26;/h5-9,11-12,17,19,27H,4,10,13-16H2,1-3H3,(H2,22,23,24);1H. The molecule has 0 spiro atoms. The predicted octanol–water partition coefficient (Wildman–Crippen LogP) is 3.59. The normalized spacial score (nSPS) is 12.5. The molecule has 28 heavy (non-hydrogen) atoms. The van der Waals surface area contributed by atoms with Crippen molar-refractivity contribution >= 4 is 29.9 Å². The minimum absolute atomic E-state index is 0. The maximum absolute atomic E-state index is 9.28. The van der Waals surface area contributed by atoms with Crippen molar-refractivity contribution in [2.45, 2.75) is 40.2 Å². The van der Waals surface area contributed by atoms with Crippen LogP contribution in [0.4, 0.5) is 0 Å². The Labute approximate surface area is 185 Å². The van der Waals surface area contributed by atoms with Crippen LogP contribution in [0.1, 0.15) is 39.2 Å². The molecule has 1 aromatic heterocycles. The molecule has 7 heteroatoms. The molecule has 0 aliphatic rings. The Kier molecular flexibility index (Phi) is 11.8. The van der Waals surface area contributed by atoms with E-state index in [-0.39, 0.29) is 30.6 Å². The summed E-state index contributed by atoms with van der Waals surface area (Å²) in [6, 6.07) is 10.2. The summed E-state index contributed by atoms with van der Waals surface area (Å²) in [7, 11) is 0. The molecular weight excluding hydrogens is 465 g/mol. The Morgan fingerprint density at radius 1 is 1.21 bits per heavy atom. The molecule has 0 saturated heterocycles. The van der Waals surface area contributed by atoms with Gasteiger partial charge >= 0.3 is 0 Å². The summed E-state index contributed by atoms with van der Waals surface area (Å²) in [6.45, 7) is 8.99. The van der Waals surface area contributed by atoms with Gasteiger partial charge in [-0.2, -0.15) is 5.10 Å². The molecule has 0 radical (unpaired) electrons. The molecule has 3 N–H and O–H groups in total. The Hall–Kier alpha value is -1.61. The Balaban J connectivity index is 0.00000392. The SMILES string of the molecule is CCNC(=NCc1ccc(-n2cccn2)cc1)NCC(CCO)CC(C)C.I. The highest BCUT2D eigenvalue weighted by atomic mass is 127. The van der Waals surface area contributed by atoms with Crippen LogP contribution in [0.3, 0.4) is 0 Å². The van der Waals surface area contributed by atoms with E-state index >= 15 is 0 Å². The Bertz CT molecular complexity index is 671. The van der Waals surface area contributed by atoms with Crippen LogP contribution in [-0.2, 0) is 6.54 Å². The molecule has 1 heterocycles. The molecule has 0 aliphatic carbocycles. The molecule has 156 valence electrons. The average Bonchev–Trinajstić information content (AvgIpc) is 3.19. The number of nitrogens with one attached hydrogen (secondary N) is 2. The van der Waals surface area contributed by atoms with E-state index in [0.29, 0.717) is 18.4 Å². The maximum Gasteiger partial charge on any atom is 0.191 e. The first-order valence-corrected chi connectivity index (χ1v) is 9.84. The van der Waals surface area contributed by atoms with Gasteiger partial charge in [-0.3, -0.25) is 0 Å². The minimum Gasteiger partial charge on any atom is -0.396 e. The fourth-order valence-corrected chi connectivity index (χ4v) is 3.08. The monoisotopic (exact) mass is 499 g/mol. The molecular formula is C21H34IN5O. The lowest BCUT2D eigenvalue weighted by atomic mass is 9.94. The molecule has 0 bridgehead atoms. The first kappa shape index (κ1) is 24.4. The molecule has 0 amide bonds. The molecule has 0 fully saturated rings. The first-order chi connectivity index (χ1) is 13.1. The molecule has 1 atom stereocenters. The Morgan fingerprint density at radius 2 is 1.96 bits per heavy atom. The molecule has 1 aromatic carbocycles. The second kappa shape index (κ2) is 13.5. The Morgan fingerprint density at radius 3 is 2.54 bits per heavy atom. The van der Waals surface area contributed by atoms with Crippen LogP contribution in [0, 0.1) is 11.8 Å². The van der Waals surface area contributed by atoms with E-state index in [4.69, 9.17) is 4.99 Å². The van der Waals surface area contributed by atoms with Gasteiger partial charge in [0.2, 0.25) is 0 Å². The first-order valence-electron chi connectivity index (χ1n) is 9.84. The van der Waals surface area contributed by atoms with Gasteiger partial charge in [0.1, 0.15) is 0 Å². The number of guanidine groups is 1. The quantitative estimate of drug-likeness (QED) is 0.266. The zero-order valence-electron chi connectivity index (χ0n) is 17.1. The van der Waals surface area contributed by atoms with Gasteiger partial charge < -0.3 is 15.7 Å². The third-order valence-corrected chi connectivity index (χ3v) is 4.37. The predicted molar refractivity (Wildman–Crippen MR) is 126 cm³/mol. The van der Waals surface area contributed by atoms with E-state index in [0.717, 1.165) is 43.1 Å². The van der Waals surface area contributed by atoms with Crippen molar-refractivity contribution in [1.82, 2.24) is 20.4 Å². The second-order valence-electron chi connectivity index (χ2n) is 7.20. The van der Waals surface area contributed by atoms with Gasteiger partial charge in [0, 0.05) is 32.1 Å². The summed E-state index contributed by atoms with van der Waals surface area (Å²) < 4.78 is 1.84. The third kappa shape index (κ3) is 8.60. The van der Waals surface area contributed by atoms with Gasteiger partial charge in [-0.05, 0) is 55.4 Å². The molecule has 0 saturated carbocycles. The zero-order valence-corrected chi connectivity index (χ0v) is 19.5. The lowest BCUT2D eigenvalue weighted by Crippen LogP contribution is -2.40. The topological polar surface area (TPSA) is 74.5 Å². The second-order valence-corrected chi connectivity index (χ2v) is 7.20. The molecule has 0 aliphatic heterocycles. The van der Waals surface area contributed by atoms with Gasteiger partial charge in [0.15, 0.2) is 5.96 Å². The summed E-state index contributed by atoms with van der Waals surface area (Å²) in [5.74, 6) is 1.89. The number of benzene rings is 1. The van der Waals surface area contributed by atoms with E-state index in [1.165, 1.54) is 0 Å². The lowest BCUT2D eigenvalue weighted by Gasteiger charge is -2.20. The van der Waals surface area contributed by atoms with Crippen LogP contribution in [0.25, 0.3) is 5.69 Å². The fourth-order valence-electron chi connectivity index (χ4n) is 3.08. The van der Waals surface area contributed by atoms with Gasteiger partial charge in [-0.25, -0.2) is 9.67 Å². The minimum atomic E-state index is 0. The molecule has 6 nitrogen and oxygen atoms in total. The van der Waals surface area contributed by atoms with Crippen LogP contribution in [-0.4, -0.2) is 40.5 Å². The van der Waals surface area contributed by atoms with Crippen molar-refractivity contribution in [3.63, 3.8) is 0 Å². The highest BCUT2D eigenvalue weighted by molar-refractivity contribution is 14.0. The number of nitrogens with zero attached hydrogens (tertiary/aromatic N) is 3. The highest BCUT2D eigenvalue weighted by Crippen LogP contribution is 2.14. The number of hydrogen-bond acceptors (Lipinski definition) is 3. The fraction of sp³-hybridized carbons (Fsp3) is 0.524. The van der Waals surface area contributed by atoms with Crippen molar-refractivity contribution in [1.29, 1.82) is 0 Å². The van der Waals surface area contributed by atoms with Crippen LogP contribution in [0.5, 0.6) is 0 Å². The number of aliphatic hydroxyl groups is 1. The van der Waals surface area contributed by atoms with Crippen LogP contribution in [0.2, 0.25) is 0 Å². The van der Waals surface area contributed by atoms with Gasteiger partial charge in [-0.1, -0.05) is 26.0 Å². The largest absolute Gasteiger partial charge is 0.396 e. The molecule has 2 rings (SSSR count). The number of hydrogen-bond donors (Lipinski definition) is 3. The van der Waals surface area contributed by atoms with E-state index in [1.807, 2.05) is 16.9 Å². The van der Waals surface area contributed by atoms with E-state index in [1.54, 1.807) is 6.20 Å². The summed E-state index contributed by atoms with van der Waals surface area (Å²) in [5.41, 5.74) is 2.19. The van der Waals surface area contributed by atoms with Crippen molar-refractivity contribution in [3.05, 3.63) is 48.3 Å². The van der Waals surface area contributed by atoms with Gasteiger partial charge in [-0.15, -0.1) is 24.0 Å². The van der Waals surface area contributed by atoms with Crippen molar-refractivity contribution in [2.75, 3.05) is 19.7 Å². The van der Waals surface area contributed by atoms with Crippen molar-refractivity contribution in [3.8, 4) is 5.69 Å². The van der Waals surface area contributed by atoms with Gasteiger partial charge in [0.05, 0.1) is 12.2 Å². The highest BCUT2D eigenvalue weighted by Gasteiger charge is 2.11. The number of aromatic nitrogens is 2. The van der Waals surface area contributed by atoms with E-state index in [2.05, 4.69) is 60.8 Å². The zero-order chi connectivity index (χ0) is 19.5. The number of aliphatic hydroxyl groups excluding tert-OH is 1. The van der Waals surface area contributed by atoms with Crippen molar-refractivity contribution in [2.24, 2.45) is 16.8 Å². The number of aliphatic imine (C=N–C) groups is 1. The van der Waals surface area contributed by atoms with E-state index in [9.17, 15) is 5.11 Å². The van der Waals surface area contributed by atoms with Crippen LogP contribution >= 0.6 is 24.0 Å². The van der Waals surface area contributed by atoms with Crippen LogP contribution < -0.4 is 10.6 Å². The number of halogens is 1. The maximum atomic E-state index is 9.28. The molecule has 1 unspecified atom stereocenters. The number of rotatable bonds is 10. The summed E-state index contributed by atoms with van der Waals surface area (Å²) in [6.07, 6.45) is 5.62. The van der Waals surface area contributed by atoms with E-state index < -0.39 is 0 Å². The third-order valence-electron chi connectivity index (χ3n) is 4.37. The summed E-state index contributed by atoms with van der Waals surface area (Å²) in [5, 5.41) is 20.3. The summed E-state index contributed by atoms with van der Waals surface area (Å²) in [4.78, 5) is 4.70. The smallest absolute Gasteiger partial charge is 0.191 e. The average molecular weight is 499 g/mol. The van der Waals surface area contributed by atoms with Crippen molar-refractivity contribution < 1.29 is 5.11 Å².